The molecular formula is C8H9BrClN3O. The van der Waals surface area contributed by atoms with Gasteiger partial charge in [0.25, 0.3) is 0 Å². The maximum atomic E-state index is 11.1. The van der Waals surface area contributed by atoms with Crippen molar-refractivity contribution in [1.82, 2.24) is 10.3 Å². The number of hydrogen-bond acceptors (Lipinski definition) is 3. The van der Waals surface area contributed by atoms with Crippen LogP contribution in [0.4, 0.5) is 5.82 Å². The highest BCUT2D eigenvalue weighted by atomic mass is 79.9. The summed E-state index contributed by atoms with van der Waals surface area (Å²) in [6.45, 7) is 1.01. The number of amides is 1. The highest BCUT2D eigenvalue weighted by Gasteiger charge is 2.12. The zero-order valence-corrected chi connectivity index (χ0v) is 9.61. The lowest BCUT2D eigenvalue weighted by atomic mass is 10.2. The van der Waals surface area contributed by atoms with Crippen molar-refractivity contribution < 1.29 is 4.79 Å². The second kappa shape index (κ2) is 4.72. The number of hydrogen-bond donors (Lipinski definition) is 2. The predicted molar refractivity (Wildman–Crippen MR) is 59.5 cm³/mol. The molecule has 1 aromatic heterocycles. The summed E-state index contributed by atoms with van der Waals surface area (Å²) < 4.78 is 0.921. The summed E-state index contributed by atoms with van der Waals surface area (Å²) in [5.41, 5.74) is 1.00. The van der Waals surface area contributed by atoms with E-state index in [4.69, 9.17) is 0 Å². The van der Waals surface area contributed by atoms with Crippen LogP contribution in [0.1, 0.15) is 5.56 Å². The number of aromatic nitrogens is 1. The third-order valence-corrected chi connectivity index (χ3v) is 2.23. The lowest BCUT2D eigenvalue weighted by Crippen LogP contribution is -2.23. The molecule has 2 N–H and O–H groups in total. The van der Waals surface area contributed by atoms with Crippen LogP contribution in [-0.2, 0) is 11.3 Å². The Morgan fingerprint density at radius 2 is 2.21 bits per heavy atom. The molecule has 0 spiro atoms. The molecule has 1 aliphatic rings. The Kier molecular flexibility index (Phi) is 3.86. The van der Waals surface area contributed by atoms with Crippen molar-refractivity contribution in [2.24, 2.45) is 0 Å². The first-order valence-electron chi connectivity index (χ1n) is 3.91. The van der Waals surface area contributed by atoms with Crippen molar-refractivity contribution in [1.29, 1.82) is 0 Å². The van der Waals surface area contributed by atoms with Crippen molar-refractivity contribution in [2.45, 2.75) is 6.54 Å². The lowest BCUT2D eigenvalue weighted by Gasteiger charge is -2.04. The SMILES string of the molecule is Cl.O=C1CNCc2cc(Br)cnc2N1. The van der Waals surface area contributed by atoms with Gasteiger partial charge >= 0.3 is 0 Å². The third-order valence-electron chi connectivity index (χ3n) is 1.79. The summed E-state index contributed by atoms with van der Waals surface area (Å²) in [5.74, 6) is 0.603. The standard InChI is InChI=1S/C8H8BrN3O.ClH/c9-6-1-5-2-10-4-7(13)12-8(5)11-3-6;/h1,3,10H,2,4H2,(H,11,12,13);1H. The monoisotopic (exact) mass is 277 g/mol. The smallest absolute Gasteiger partial charge is 0.239 e. The van der Waals surface area contributed by atoms with Gasteiger partial charge in [-0.05, 0) is 22.0 Å². The molecule has 0 bridgehead atoms. The van der Waals surface area contributed by atoms with Crippen molar-refractivity contribution >= 4 is 40.1 Å². The van der Waals surface area contributed by atoms with Gasteiger partial charge in [-0.25, -0.2) is 4.98 Å². The Morgan fingerprint density at radius 3 is 3.00 bits per heavy atom. The highest BCUT2D eigenvalue weighted by molar-refractivity contribution is 9.10. The van der Waals surface area contributed by atoms with Gasteiger partial charge in [-0.3, -0.25) is 4.79 Å². The van der Waals surface area contributed by atoms with Crippen molar-refractivity contribution in [2.75, 3.05) is 11.9 Å². The molecule has 0 unspecified atom stereocenters. The van der Waals surface area contributed by atoms with E-state index >= 15 is 0 Å². The average molecular weight is 279 g/mol. The van der Waals surface area contributed by atoms with E-state index in [0.717, 1.165) is 10.0 Å². The number of fused-ring (bicyclic) bond motifs is 1. The van der Waals surface area contributed by atoms with Crippen LogP contribution >= 0.6 is 28.3 Å². The molecule has 0 saturated carbocycles. The number of pyridine rings is 1. The molecule has 76 valence electrons. The van der Waals surface area contributed by atoms with Gasteiger partial charge in [0.15, 0.2) is 0 Å². The summed E-state index contributed by atoms with van der Waals surface area (Å²) in [6.07, 6.45) is 1.67. The second-order valence-electron chi connectivity index (χ2n) is 2.81. The quantitative estimate of drug-likeness (QED) is 0.752. The van der Waals surface area contributed by atoms with Gasteiger partial charge in [0.2, 0.25) is 5.91 Å². The van der Waals surface area contributed by atoms with Gasteiger partial charge in [0.05, 0.1) is 6.54 Å². The fourth-order valence-corrected chi connectivity index (χ4v) is 1.59. The summed E-state index contributed by atoms with van der Waals surface area (Å²) >= 11 is 3.33. The Labute approximate surface area is 96.0 Å². The first-order valence-corrected chi connectivity index (χ1v) is 4.70. The van der Waals surface area contributed by atoms with E-state index in [-0.39, 0.29) is 18.3 Å². The Bertz CT molecular complexity index is 358. The van der Waals surface area contributed by atoms with Crippen molar-refractivity contribution in [3.8, 4) is 0 Å². The largest absolute Gasteiger partial charge is 0.309 e. The maximum absolute atomic E-state index is 11.1. The van der Waals surface area contributed by atoms with Crippen molar-refractivity contribution in [3.63, 3.8) is 0 Å². The molecular weight excluding hydrogens is 269 g/mol. The molecule has 0 atom stereocenters. The van der Waals surface area contributed by atoms with E-state index in [9.17, 15) is 4.79 Å². The first kappa shape index (κ1) is 11.4. The molecule has 1 aromatic rings. The number of nitrogens with one attached hydrogen (secondary N) is 2. The number of nitrogens with zero attached hydrogens (tertiary/aromatic N) is 1. The number of anilines is 1. The van der Waals surface area contributed by atoms with Gasteiger partial charge in [-0.1, -0.05) is 0 Å². The molecule has 0 fully saturated rings. The summed E-state index contributed by atoms with van der Waals surface area (Å²) in [7, 11) is 0. The van der Waals surface area contributed by atoms with Gasteiger partial charge in [-0.15, -0.1) is 12.4 Å². The number of halogens is 2. The van der Waals surface area contributed by atoms with E-state index in [1.807, 2.05) is 6.07 Å². The van der Waals surface area contributed by atoms with Crippen LogP contribution < -0.4 is 10.6 Å². The minimum Gasteiger partial charge on any atom is -0.309 e. The minimum absolute atomic E-state index is 0. The number of carbonyl (C=O) groups is 1. The number of carbonyl (C=O) groups excluding carboxylic acids is 1. The first-order chi connectivity index (χ1) is 6.25. The van der Waals surface area contributed by atoms with Gasteiger partial charge < -0.3 is 10.6 Å². The zero-order chi connectivity index (χ0) is 9.26. The maximum Gasteiger partial charge on any atom is 0.239 e. The Hall–Kier alpha value is -0.650. The fourth-order valence-electron chi connectivity index (χ4n) is 1.22. The van der Waals surface area contributed by atoms with Crippen LogP contribution in [0, 0.1) is 0 Å². The van der Waals surface area contributed by atoms with E-state index < -0.39 is 0 Å². The van der Waals surface area contributed by atoms with E-state index in [1.165, 1.54) is 0 Å². The van der Waals surface area contributed by atoms with Gasteiger partial charge in [0.1, 0.15) is 5.82 Å². The van der Waals surface area contributed by atoms with Crippen LogP contribution in [0.3, 0.4) is 0 Å². The predicted octanol–water partition coefficient (Wildman–Crippen LogP) is 1.31. The third kappa shape index (κ3) is 2.43. The number of rotatable bonds is 0. The lowest BCUT2D eigenvalue weighted by molar-refractivity contribution is -0.115. The fraction of sp³-hybridized carbons (Fsp3) is 0.250. The molecule has 6 heteroatoms. The molecule has 2 heterocycles. The van der Waals surface area contributed by atoms with Crippen LogP contribution in [0.25, 0.3) is 0 Å². The van der Waals surface area contributed by atoms with Crippen LogP contribution in [0.15, 0.2) is 16.7 Å². The Morgan fingerprint density at radius 1 is 1.43 bits per heavy atom. The van der Waals surface area contributed by atoms with Crippen molar-refractivity contribution in [3.05, 3.63) is 22.3 Å². The van der Waals surface area contributed by atoms with E-state index in [0.29, 0.717) is 18.9 Å². The molecule has 0 radical (unpaired) electrons. The van der Waals surface area contributed by atoms with Gasteiger partial charge in [-0.2, -0.15) is 0 Å². The minimum atomic E-state index is -0.0476. The summed E-state index contributed by atoms with van der Waals surface area (Å²) in [6, 6.07) is 1.95. The molecule has 0 saturated heterocycles. The van der Waals surface area contributed by atoms with E-state index in [2.05, 4.69) is 31.5 Å². The normalized spacial score (nSPS) is 14.8. The molecule has 1 amide bonds. The molecule has 0 aliphatic carbocycles. The van der Waals surface area contributed by atoms with Gasteiger partial charge in [0, 0.05) is 22.8 Å². The van der Waals surface area contributed by atoms with E-state index in [1.54, 1.807) is 6.20 Å². The average Bonchev–Trinajstić information content (AvgIpc) is 2.25. The summed E-state index contributed by atoms with van der Waals surface area (Å²) in [5, 5.41) is 5.72. The van der Waals surface area contributed by atoms with Crippen LogP contribution in [-0.4, -0.2) is 17.4 Å². The molecule has 1 aliphatic heterocycles. The summed E-state index contributed by atoms with van der Waals surface area (Å²) in [4.78, 5) is 15.2. The molecule has 2 rings (SSSR count). The van der Waals surface area contributed by atoms with Crippen LogP contribution in [0.2, 0.25) is 0 Å². The molecule has 4 nitrogen and oxygen atoms in total. The molecule has 14 heavy (non-hydrogen) atoms. The van der Waals surface area contributed by atoms with Crippen LogP contribution in [0.5, 0.6) is 0 Å². The Balaban J connectivity index is 0.000000980. The molecule has 0 aromatic carbocycles. The zero-order valence-electron chi connectivity index (χ0n) is 7.21. The second-order valence-corrected chi connectivity index (χ2v) is 3.73. The topological polar surface area (TPSA) is 54.0 Å². The highest BCUT2D eigenvalue weighted by Crippen LogP contribution is 2.18.